The Bertz CT molecular complexity index is 907. The fourth-order valence-corrected chi connectivity index (χ4v) is 2.99. The fraction of sp³-hybridized carbons (Fsp3) is 0.235. The van der Waals surface area contributed by atoms with E-state index in [-0.39, 0.29) is 11.7 Å². The third-order valence-electron chi connectivity index (χ3n) is 3.57. The van der Waals surface area contributed by atoms with Crippen molar-refractivity contribution in [3.63, 3.8) is 0 Å². The lowest BCUT2D eigenvalue weighted by molar-refractivity contribution is -0.115. The van der Waals surface area contributed by atoms with Crippen molar-refractivity contribution in [2.24, 2.45) is 0 Å². The van der Waals surface area contributed by atoms with Crippen LogP contribution < -0.4 is 5.32 Å². The molecule has 134 valence electrons. The third-order valence-corrected chi connectivity index (χ3v) is 4.64. The number of nitrogens with one attached hydrogen (secondary N) is 1. The molecule has 1 atom stereocenters. The summed E-state index contributed by atoms with van der Waals surface area (Å²) in [7, 11) is 0. The topological polar surface area (TPSA) is 103 Å². The van der Waals surface area contributed by atoms with Gasteiger partial charge in [-0.05, 0) is 48.5 Å². The highest BCUT2D eigenvalue weighted by Gasteiger charge is 2.19. The number of amides is 1. The summed E-state index contributed by atoms with van der Waals surface area (Å²) in [5, 5.41) is 14.4. The van der Waals surface area contributed by atoms with Crippen LogP contribution in [0.5, 0.6) is 0 Å². The molecule has 0 radical (unpaired) electrons. The summed E-state index contributed by atoms with van der Waals surface area (Å²) >= 11 is 1.24. The average Bonchev–Trinajstić information content (AvgIpc) is 3.28. The van der Waals surface area contributed by atoms with Gasteiger partial charge in [0.2, 0.25) is 11.1 Å². The molecule has 0 saturated carbocycles. The Morgan fingerprint density at radius 1 is 1.31 bits per heavy atom. The standard InChI is InChI=1S/C17H17N5O3S/c1-11(23)13-5-3-6-14(9-13)18-16(24)12(2)26-17-19-20-21-22(17)10-15-7-4-8-25-15/h3-9,12H,10H2,1-2H3,(H,18,24). The Balaban J connectivity index is 1.64. The van der Waals surface area contributed by atoms with E-state index in [1.54, 1.807) is 48.2 Å². The molecule has 1 aromatic carbocycles. The van der Waals surface area contributed by atoms with E-state index in [0.717, 1.165) is 5.76 Å². The second-order valence-electron chi connectivity index (χ2n) is 5.58. The summed E-state index contributed by atoms with van der Waals surface area (Å²) in [5.41, 5.74) is 1.12. The minimum absolute atomic E-state index is 0.0550. The molecule has 0 spiro atoms. The van der Waals surface area contributed by atoms with Gasteiger partial charge in [0.1, 0.15) is 12.3 Å². The molecule has 0 aliphatic carbocycles. The highest BCUT2D eigenvalue weighted by atomic mass is 32.2. The van der Waals surface area contributed by atoms with E-state index in [4.69, 9.17) is 4.42 Å². The van der Waals surface area contributed by atoms with E-state index in [9.17, 15) is 9.59 Å². The number of Topliss-reactive ketones (excluding diaryl/α,β-unsaturated/α-hetero) is 1. The van der Waals surface area contributed by atoms with Crippen LogP contribution in [0.25, 0.3) is 0 Å². The van der Waals surface area contributed by atoms with E-state index < -0.39 is 5.25 Å². The summed E-state index contributed by atoms with van der Waals surface area (Å²) in [4.78, 5) is 23.9. The first-order chi connectivity index (χ1) is 12.5. The van der Waals surface area contributed by atoms with Crippen molar-refractivity contribution in [3.8, 4) is 0 Å². The number of thioether (sulfide) groups is 1. The van der Waals surface area contributed by atoms with Crippen LogP contribution in [0.3, 0.4) is 0 Å². The van der Waals surface area contributed by atoms with Crippen LogP contribution in [0.2, 0.25) is 0 Å². The Hall–Kier alpha value is -2.94. The van der Waals surface area contributed by atoms with E-state index in [0.29, 0.717) is 23.0 Å². The zero-order valence-corrected chi connectivity index (χ0v) is 15.1. The number of benzene rings is 1. The molecule has 1 amide bonds. The Kier molecular flexibility index (Phi) is 5.47. The van der Waals surface area contributed by atoms with Crippen LogP contribution >= 0.6 is 11.8 Å². The number of hydrogen-bond acceptors (Lipinski definition) is 7. The summed E-state index contributed by atoms with van der Waals surface area (Å²) in [6.45, 7) is 3.64. The second kappa shape index (κ2) is 7.96. The second-order valence-corrected chi connectivity index (χ2v) is 6.89. The van der Waals surface area contributed by atoms with Crippen LogP contribution in [0, 0.1) is 0 Å². The lowest BCUT2D eigenvalue weighted by Crippen LogP contribution is -2.23. The van der Waals surface area contributed by atoms with Gasteiger partial charge in [-0.25, -0.2) is 4.68 Å². The molecular formula is C17H17N5O3S. The highest BCUT2D eigenvalue weighted by Crippen LogP contribution is 2.22. The van der Waals surface area contributed by atoms with Crippen molar-refractivity contribution in [2.45, 2.75) is 30.8 Å². The summed E-state index contributed by atoms with van der Waals surface area (Å²) in [6.07, 6.45) is 1.58. The molecular weight excluding hydrogens is 354 g/mol. The van der Waals surface area contributed by atoms with Gasteiger partial charge in [0.25, 0.3) is 0 Å². The van der Waals surface area contributed by atoms with Crippen molar-refractivity contribution < 1.29 is 14.0 Å². The van der Waals surface area contributed by atoms with Crippen LogP contribution in [0.15, 0.2) is 52.2 Å². The average molecular weight is 371 g/mol. The number of nitrogens with zero attached hydrogens (tertiary/aromatic N) is 4. The van der Waals surface area contributed by atoms with Gasteiger partial charge in [-0.15, -0.1) is 5.10 Å². The van der Waals surface area contributed by atoms with Gasteiger partial charge in [-0.2, -0.15) is 0 Å². The largest absolute Gasteiger partial charge is 0.467 e. The van der Waals surface area contributed by atoms with Gasteiger partial charge in [0, 0.05) is 11.3 Å². The first-order valence-electron chi connectivity index (χ1n) is 7.90. The van der Waals surface area contributed by atoms with E-state index in [1.165, 1.54) is 18.7 Å². The number of furan rings is 1. The highest BCUT2D eigenvalue weighted by molar-refractivity contribution is 8.00. The normalized spacial score (nSPS) is 11.9. The predicted octanol–water partition coefficient (Wildman–Crippen LogP) is 2.64. The lowest BCUT2D eigenvalue weighted by atomic mass is 10.1. The Morgan fingerprint density at radius 3 is 2.88 bits per heavy atom. The van der Waals surface area contributed by atoms with Gasteiger partial charge < -0.3 is 9.73 Å². The zero-order chi connectivity index (χ0) is 18.5. The number of rotatable bonds is 7. The van der Waals surface area contributed by atoms with Gasteiger partial charge in [-0.1, -0.05) is 23.9 Å². The predicted molar refractivity (Wildman–Crippen MR) is 96.0 cm³/mol. The van der Waals surface area contributed by atoms with Crippen LogP contribution in [-0.2, 0) is 11.3 Å². The van der Waals surface area contributed by atoms with E-state index >= 15 is 0 Å². The molecule has 0 saturated heterocycles. The van der Waals surface area contributed by atoms with Crippen molar-refractivity contribution >= 4 is 29.1 Å². The van der Waals surface area contributed by atoms with Crippen molar-refractivity contribution in [1.82, 2.24) is 20.2 Å². The van der Waals surface area contributed by atoms with Crippen molar-refractivity contribution in [3.05, 3.63) is 54.0 Å². The molecule has 1 N–H and O–H groups in total. The smallest absolute Gasteiger partial charge is 0.237 e. The molecule has 1 unspecified atom stereocenters. The number of aromatic nitrogens is 4. The van der Waals surface area contributed by atoms with Gasteiger partial charge in [0.05, 0.1) is 11.5 Å². The van der Waals surface area contributed by atoms with Crippen LogP contribution in [0.4, 0.5) is 5.69 Å². The minimum atomic E-state index is -0.433. The number of anilines is 1. The maximum Gasteiger partial charge on any atom is 0.237 e. The monoisotopic (exact) mass is 371 g/mol. The number of hydrogen-bond donors (Lipinski definition) is 1. The molecule has 9 heteroatoms. The third kappa shape index (κ3) is 4.37. The quantitative estimate of drug-likeness (QED) is 0.503. The molecule has 3 rings (SSSR count). The maximum atomic E-state index is 12.4. The molecule has 8 nitrogen and oxygen atoms in total. The lowest BCUT2D eigenvalue weighted by Gasteiger charge is -2.12. The molecule has 26 heavy (non-hydrogen) atoms. The maximum absolute atomic E-state index is 12.4. The number of carbonyl (C=O) groups excluding carboxylic acids is 2. The van der Waals surface area contributed by atoms with E-state index in [1.807, 2.05) is 6.07 Å². The van der Waals surface area contributed by atoms with Gasteiger partial charge in [0.15, 0.2) is 5.78 Å². The van der Waals surface area contributed by atoms with E-state index in [2.05, 4.69) is 20.8 Å². The molecule has 3 aromatic rings. The number of carbonyl (C=O) groups is 2. The Labute approximate surface area is 154 Å². The first kappa shape index (κ1) is 17.9. The first-order valence-corrected chi connectivity index (χ1v) is 8.78. The van der Waals surface area contributed by atoms with Crippen molar-refractivity contribution in [2.75, 3.05) is 5.32 Å². The molecule has 0 aliphatic heterocycles. The SMILES string of the molecule is CC(=O)c1cccc(NC(=O)C(C)Sc2nnnn2Cc2ccco2)c1. The number of tetrazole rings is 1. The molecule has 2 aromatic heterocycles. The van der Waals surface area contributed by atoms with Crippen LogP contribution in [0.1, 0.15) is 30.0 Å². The van der Waals surface area contributed by atoms with Crippen molar-refractivity contribution in [1.29, 1.82) is 0 Å². The summed E-state index contributed by atoms with van der Waals surface area (Å²) in [6, 6.07) is 10.4. The fourth-order valence-electron chi connectivity index (χ4n) is 2.20. The number of ketones is 1. The van der Waals surface area contributed by atoms with Gasteiger partial charge >= 0.3 is 0 Å². The van der Waals surface area contributed by atoms with Crippen LogP contribution in [-0.4, -0.2) is 37.1 Å². The van der Waals surface area contributed by atoms with Gasteiger partial charge in [-0.3, -0.25) is 9.59 Å². The Morgan fingerprint density at radius 2 is 2.15 bits per heavy atom. The zero-order valence-electron chi connectivity index (χ0n) is 14.2. The summed E-state index contributed by atoms with van der Waals surface area (Å²) < 4.78 is 6.86. The molecule has 0 bridgehead atoms. The summed E-state index contributed by atoms with van der Waals surface area (Å²) in [5.74, 6) is 0.459. The molecule has 2 heterocycles. The minimum Gasteiger partial charge on any atom is -0.467 e. The molecule has 0 fully saturated rings. The molecule has 0 aliphatic rings.